The second kappa shape index (κ2) is 9.61. The highest BCUT2D eigenvalue weighted by molar-refractivity contribution is 7.89. The lowest BCUT2D eigenvalue weighted by Gasteiger charge is -2.27. The molecule has 2 aromatic rings. The number of hydrogen-bond donors (Lipinski definition) is 1. The first-order valence-corrected chi connectivity index (χ1v) is 12.7. The summed E-state index contributed by atoms with van der Waals surface area (Å²) < 4.78 is 41.5. The first kappa shape index (κ1) is 23.4. The van der Waals surface area contributed by atoms with Crippen LogP contribution in [-0.2, 0) is 26.0 Å². The van der Waals surface area contributed by atoms with Crippen LogP contribution in [0.4, 0.5) is 15.8 Å². The number of amides is 2. The zero-order valence-corrected chi connectivity index (χ0v) is 19.5. The van der Waals surface area contributed by atoms with Gasteiger partial charge in [0.2, 0.25) is 21.8 Å². The zero-order chi connectivity index (χ0) is 23.6. The van der Waals surface area contributed by atoms with Crippen molar-refractivity contribution in [1.82, 2.24) is 4.31 Å². The number of nitrogens with one attached hydrogen (secondary N) is 1. The summed E-state index contributed by atoms with van der Waals surface area (Å²) in [6.45, 7) is 2.43. The van der Waals surface area contributed by atoms with Gasteiger partial charge in [-0.1, -0.05) is 12.5 Å². The fourth-order valence-electron chi connectivity index (χ4n) is 4.33. The third kappa shape index (κ3) is 5.09. The van der Waals surface area contributed by atoms with Gasteiger partial charge in [0.25, 0.3) is 0 Å². The summed E-state index contributed by atoms with van der Waals surface area (Å²) in [6, 6.07) is 9.19. The fourth-order valence-corrected chi connectivity index (χ4v) is 5.90. The van der Waals surface area contributed by atoms with Crippen molar-refractivity contribution in [3.05, 3.63) is 53.3 Å². The summed E-state index contributed by atoms with van der Waals surface area (Å²) in [6.07, 6.45) is 4.12. The lowest BCUT2D eigenvalue weighted by Crippen LogP contribution is -2.38. The average Bonchev–Trinajstić information content (AvgIpc) is 2.95. The van der Waals surface area contributed by atoms with E-state index < -0.39 is 21.7 Å². The predicted molar refractivity (Wildman–Crippen MR) is 124 cm³/mol. The summed E-state index contributed by atoms with van der Waals surface area (Å²) in [5.41, 5.74) is 2.06. The number of benzene rings is 2. The molecule has 33 heavy (non-hydrogen) atoms. The predicted octanol–water partition coefficient (Wildman–Crippen LogP) is 3.62. The second-order valence-corrected chi connectivity index (χ2v) is 10.5. The summed E-state index contributed by atoms with van der Waals surface area (Å²) >= 11 is 0. The number of sulfonamides is 1. The van der Waals surface area contributed by atoms with Crippen LogP contribution < -0.4 is 10.2 Å². The Hall–Kier alpha value is -2.78. The standard InChI is InChI=1S/C24H28FN3O4S/c1-17-8-9-19(15-21(17)25)26-23(29)16-28-22-11-10-20(14-18(22)6-5-7-24(28)30)33(31,32)27-12-3-2-4-13-27/h8-11,14-15H,2-7,12-13,16H2,1H3,(H,26,29). The van der Waals surface area contributed by atoms with Gasteiger partial charge in [-0.25, -0.2) is 12.8 Å². The molecule has 0 radical (unpaired) electrons. The topological polar surface area (TPSA) is 86.8 Å². The van der Waals surface area contributed by atoms with Gasteiger partial charge in [-0.3, -0.25) is 9.59 Å². The number of aryl methyl sites for hydroxylation is 2. The van der Waals surface area contributed by atoms with E-state index in [0.717, 1.165) is 24.8 Å². The van der Waals surface area contributed by atoms with Crippen molar-refractivity contribution in [2.75, 3.05) is 29.9 Å². The summed E-state index contributed by atoms with van der Waals surface area (Å²) in [5.74, 6) is -1.08. The lowest BCUT2D eigenvalue weighted by atomic mass is 10.1. The van der Waals surface area contributed by atoms with Gasteiger partial charge in [0.05, 0.1) is 4.90 Å². The molecule has 0 bridgehead atoms. The van der Waals surface area contributed by atoms with Crippen LogP contribution >= 0.6 is 0 Å². The number of anilines is 2. The molecular formula is C24H28FN3O4S. The monoisotopic (exact) mass is 473 g/mol. The molecular weight excluding hydrogens is 445 g/mol. The maximum absolute atomic E-state index is 13.8. The molecule has 7 nitrogen and oxygen atoms in total. The number of rotatable bonds is 5. The van der Waals surface area contributed by atoms with Crippen LogP contribution in [0.3, 0.4) is 0 Å². The van der Waals surface area contributed by atoms with Crippen molar-refractivity contribution in [2.24, 2.45) is 0 Å². The van der Waals surface area contributed by atoms with E-state index in [-0.39, 0.29) is 23.8 Å². The van der Waals surface area contributed by atoms with Gasteiger partial charge in [-0.2, -0.15) is 4.31 Å². The molecule has 1 N–H and O–H groups in total. The molecule has 0 unspecified atom stereocenters. The largest absolute Gasteiger partial charge is 0.324 e. The summed E-state index contributed by atoms with van der Waals surface area (Å²) in [5, 5.41) is 2.63. The van der Waals surface area contributed by atoms with Gasteiger partial charge < -0.3 is 10.2 Å². The maximum Gasteiger partial charge on any atom is 0.244 e. The Labute approximate surface area is 193 Å². The van der Waals surface area contributed by atoms with Crippen molar-refractivity contribution in [3.63, 3.8) is 0 Å². The summed E-state index contributed by atoms with van der Waals surface area (Å²) in [4.78, 5) is 27.0. The SMILES string of the molecule is Cc1ccc(NC(=O)CN2C(=O)CCCc3cc(S(=O)(=O)N4CCCCC4)ccc32)cc1F. The molecule has 1 fully saturated rings. The smallest absolute Gasteiger partial charge is 0.244 e. The van der Waals surface area contributed by atoms with E-state index in [9.17, 15) is 22.4 Å². The van der Waals surface area contributed by atoms with Crippen LogP contribution in [0.1, 0.15) is 43.2 Å². The van der Waals surface area contributed by atoms with E-state index in [0.29, 0.717) is 42.9 Å². The first-order valence-electron chi connectivity index (χ1n) is 11.2. The van der Waals surface area contributed by atoms with Crippen LogP contribution in [0.15, 0.2) is 41.3 Å². The number of halogens is 1. The third-order valence-electron chi connectivity index (χ3n) is 6.19. The Morgan fingerprint density at radius 3 is 2.52 bits per heavy atom. The molecule has 0 saturated carbocycles. The highest BCUT2D eigenvalue weighted by Crippen LogP contribution is 2.31. The minimum atomic E-state index is -3.59. The van der Waals surface area contributed by atoms with Gasteiger partial charge in [-0.15, -0.1) is 0 Å². The quantitative estimate of drug-likeness (QED) is 0.719. The minimum Gasteiger partial charge on any atom is -0.324 e. The van der Waals surface area contributed by atoms with Crippen LogP contribution in [0, 0.1) is 12.7 Å². The molecule has 2 aliphatic heterocycles. The Bertz CT molecular complexity index is 1180. The number of fused-ring (bicyclic) bond motifs is 1. The molecule has 9 heteroatoms. The normalized spacial score (nSPS) is 17.4. The highest BCUT2D eigenvalue weighted by atomic mass is 32.2. The Morgan fingerprint density at radius 2 is 1.79 bits per heavy atom. The molecule has 1 saturated heterocycles. The number of nitrogens with zero attached hydrogens (tertiary/aromatic N) is 2. The molecule has 0 atom stereocenters. The number of piperidine rings is 1. The molecule has 2 aromatic carbocycles. The van der Waals surface area contributed by atoms with E-state index in [2.05, 4.69) is 5.32 Å². The van der Waals surface area contributed by atoms with Crippen molar-refractivity contribution < 1.29 is 22.4 Å². The average molecular weight is 474 g/mol. The van der Waals surface area contributed by atoms with Gasteiger partial charge in [0, 0.05) is 30.9 Å². The van der Waals surface area contributed by atoms with Crippen molar-refractivity contribution in [3.8, 4) is 0 Å². The number of hydrogen-bond acceptors (Lipinski definition) is 4. The molecule has 176 valence electrons. The van der Waals surface area contributed by atoms with Crippen molar-refractivity contribution in [1.29, 1.82) is 0 Å². The van der Waals surface area contributed by atoms with Gasteiger partial charge in [0.15, 0.2) is 0 Å². The van der Waals surface area contributed by atoms with E-state index in [1.54, 1.807) is 31.2 Å². The Kier molecular flexibility index (Phi) is 6.81. The zero-order valence-electron chi connectivity index (χ0n) is 18.6. The molecule has 2 heterocycles. The molecule has 0 aromatic heterocycles. The van der Waals surface area contributed by atoms with E-state index >= 15 is 0 Å². The van der Waals surface area contributed by atoms with Crippen molar-refractivity contribution in [2.45, 2.75) is 50.3 Å². The second-order valence-electron chi connectivity index (χ2n) is 8.60. The maximum atomic E-state index is 13.8. The number of carbonyl (C=O) groups is 2. The molecule has 0 aliphatic carbocycles. The fraction of sp³-hybridized carbons (Fsp3) is 0.417. The first-order chi connectivity index (χ1) is 15.8. The summed E-state index contributed by atoms with van der Waals surface area (Å²) in [7, 11) is -3.59. The lowest BCUT2D eigenvalue weighted by molar-refractivity contribution is -0.121. The van der Waals surface area contributed by atoms with Crippen LogP contribution in [-0.4, -0.2) is 44.2 Å². The molecule has 4 rings (SSSR count). The Balaban J connectivity index is 1.57. The van der Waals surface area contributed by atoms with E-state index in [1.165, 1.54) is 21.3 Å². The molecule has 0 spiro atoms. The molecule has 2 aliphatic rings. The van der Waals surface area contributed by atoms with Gasteiger partial charge >= 0.3 is 0 Å². The Morgan fingerprint density at radius 1 is 1.03 bits per heavy atom. The highest BCUT2D eigenvalue weighted by Gasteiger charge is 2.29. The van der Waals surface area contributed by atoms with Gasteiger partial charge in [0.1, 0.15) is 12.4 Å². The number of carbonyl (C=O) groups excluding carboxylic acids is 2. The van der Waals surface area contributed by atoms with Crippen LogP contribution in [0.25, 0.3) is 0 Å². The van der Waals surface area contributed by atoms with E-state index in [4.69, 9.17) is 0 Å². The third-order valence-corrected chi connectivity index (χ3v) is 8.08. The van der Waals surface area contributed by atoms with Crippen LogP contribution in [0.2, 0.25) is 0 Å². The minimum absolute atomic E-state index is 0.203. The van der Waals surface area contributed by atoms with Crippen molar-refractivity contribution >= 4 is 33.2 Å². The molecule has 2 amide bonds. The van der Waals surface area contributed by atoms with Crippen LogP contribution in [0.5, 0.6) is 0 Å². The van der Waals surface area contributed by atoms with Gasteiger partial charge in [-0.05, 0) is 74.1 Å². The van der Waals surface area contributed by atoms with E-state index in [1.807, 2.05) is 0 Å².